The van der Waals surface area contributed by atoms with Crippen molar-refractivity contribution in [1.29, 1.82) is 0 Å². The fourth-order valence-corrected chi connectivity index (χ4v) is 4.85. The van der Waals surface area contributed by atoms with E-state index in [1.807, 2.05) is 0 Å². The van der Waals surface area contributed by atoms with E-state index in [1.165, 1.54) is 22.2 Å². The lowest BCUT2D eigenvalue weighted by atomic mass is 10.0. The van der Waals surface area contributed by atoms with Gasteiger partial charge in [-0.1, -0.05) is 19.9 Å². The first-order chi connectivity index (χ1) is 13.9. The number of fused-ring (bicyclic) bond motifs is 1. The molecule has 4 rings (SSSR count). The highest BCUT2D eigenvalue weighted by Crippen LogP contribution is 2.36. The number of hydrogen-bond donors (Lipinski definition) is 0. The second kappa shape index (κ2) is 7.84. The van der Waals surface area contributed by atoms with Gasteiger partial charge in [0.2, 0.25) is 6.04 Å². The smallest absolute Gasteiger partial charge is 0.227 e. The average Bonchev–Trinajstić information content (AvgIpc) is 3.03. The van der Waals surface area contributed by atoms with Gasteiger partial charge in [0, 0.05) is 53.4 Å². The van der Waals surface area contributed by atoms with Crippen LogP contribution >= 0.6 is 15.9 Å². The summed E-state index contributed by atoms with van der Waals surface area (Å²) in [6.45, 7) is 17.8. The largest absolute Gasteiger partial charge is 0.370 e. The molecule has 1 aliphatic rings. The van der Waals surface area contributed by atoms with E-state index in [1.54, 1.807) is 0 Å². The molecule has 2 aromatic heterocycles. The third-order valence-electron chi connectivity index (χ3n) is 5.94. The Morgan fingerprint density at radius 2 is 1.86 bits per heavy atom. The first-order valence-corrected chi connectivity index (χ1v) is 11.1. The van der Waals surface area contributed by atoms with Crippen LogP contribution in [0.4, 0.5) is 5.69 Å². The number of benzene rings is 1. The number of anilines is 1. The van der Waals surface area contributed by atoms with Gasteiger partial charge < -0.3 is 9.74 Å². The fraction of sp³-hybridized carbons (Fsp3) is 0.417. The van der Waals surface area contributed by atoms with E-state index >= 15 is 0 Å². The number of aryl methyl sites for hydroxylation is 2. The maximum atomic E-state index is 7.32. The zero-order valence-corrected chi connectivity index (χ0v) is 19.1. The molecule has 1 fully saturated rings. The topological polar surface area (TPSA) is 25.4 Å². The Kier molecular flexibility index (Phi) is 5.40. The lowest BCUT2D eigenvalue weighted by Gasteiger charge is -2.30. The van der Waals surface area contributed by atoms with Crippen LogP contribution in [0.1, 0.15) is 49.4 Å². The summed E-state index contributed by atoms with van der Waals surface area (Å²) in [7, 11) is 0. The van der Waals surface area contributed by atoms with Crippen LogP contribution in [0.5, 0.6) is 0 Å². The van der Waals surface area contributed by atoms with Gasteiger partial charge in [0.15, 0.2) is 0 Å². The van der Waals surface area contributed by atoms with Crippen LogP contribution in [0.15, 0.2) is 34.9 Å². The third kappa shape index (κ3) is 3.67. The molecule has 29 heavy (non-hydrogen) atoms. The Bertz CT molecular complexity index is 1100. The highest BCUT2D eigenvalue weighted by Gasteiger charge is 2.25. The van der Waals surface area contributed by atoms with Gasteiger partial charge >= 0.3 is 0 Å². The molecule has 0 N–H and O–H groups in total. The van der Waals surface area contributed by atoms with E-state index in [0.717, 1.165) is 47.4 Å². The summed E-state index contributed by atoms with van der Waals surface area (Å²) in [5, 5.41) is 1.22. The molecule has 5 heteroatoms. The highest BCUT2D eigenvalue weighted by atomic mass is 79.9. The van der Waals surface area contributed by atoms with Crippen molar-refractivity contribution < 1.29 is 0 Å². The zero-order chi connectivity index (χ0) is 20.7. The van der Waals surface area contributed by atoms with E-state index in [2.05, 4.69) is 88.4 Å². The zero-order valence-electron chi connectivity index (χ0n) is 17.5. The highest BCUT2D eigenvalue weighted by molar-refractivity contribution is 9.10. The Morgan fingerprint density at radius 3 is 2.48 bits per heavy atom. The number of rotatable bonds is 3. The lowest BCUT2D eigenvalue weighted by molar-refractivity contribution is 0.549. The molecule has 1 aromatic carbocycles. The molecule has 0 radical (unpaired) electrons. The van der Waals surface area contributed by atoms with Crippen molar-refractivity contribution in [2.75, 3.05) is 18.0 Å². The molecule has 3 aromatic rings. The minimum Gasteiger partial charge on any atom is -0.370 e. The molecule has 0 aliphatic carbocycles. The summed E-state index contributed by atoms with van der Waals surface area (Å²) >= 11 is 3.79. The normalized spacial score (nSPS) is 15.3. The third-order valence-corrected chi connectivity index (χ3v) is 6.57. The van der Waals surface area contributed by atoms with E-state index in [4.69, 9.17) is 11.6 Å². The summed E-state index contributed by atoms with van der Waals surface area (Å²) in [4.78, 5) is 11.1. The number of pyridine rings is 1. The van der Waals surface area contributed by atoms with Crippen LogP contribution in [0.3, 0.4) is 0 Å². The number of halogens is 1. The molecule has 0 spiro atoms. The van der Waals surface area contributed by atoms with Crippen LogP contribution < -0.4 is 4.90 Å². The van der Waals surface area contributed by atoms with Crippen LogP contribution in [-0.4, -0.2) is 28.7 Å². The van der Waals surface area contributed by atoms with E-state index in [9.17, 15) is 0 Å². The predicted octanol–water partition coefficient (Wildman–Crippen LogP) is 6.42. The molecular formula is C24H27BrN4. The van der Waals surface area contributed by atoms with Gasteiger partial charge in [-0.25, -0.2) is 11.6 Å². The second-order valence-corrected chi connectivity index (χ2v) is 9.23. The molecule has 3 heterocycles. The van der Waals surface area contributed by atoms with Gasteiger partial charge in [-0.2, -0.15) is 0 Å². The van der Waals surface area contributed by atoms with Gasteiger partial charge in [-0.15, -0.1) is 0 Å². The van der Waals surface area contributed by atoms with Crippen molar-refractivity contribution in [3.05, 3.63) is 63.2 Å². The van der Waals surface area contributed by atoms with Crippen LogP contribution in [0.25, 0.3) is 21.6 Å². The number of nitrogens with zero attached hydrogens (tertiary/aromatic N) is 4. The van der Waals surface area contributed by atoms with Gasteiger partial charge in [0.1, 0.15) is 5.65 Å². The van der Waals surface area contributed by atoms with Gasteiger partial charge in [0.05, 0.1) is 5.69 Å². The van der Waals surface area contributed by atoms with Crippen molar-refractivity contribution in [3.8, 4) is 5.69 Å². The number of piperidine rings is 1. The van der Waals surface area contributed by atoms with Crippen LogP contribution in [0.2, 0.25) is 0 Å². The molecular weight excluding hydrogens is 424 g/mol. The molecule has 0 saturated carbocycles. The van der Waals surface area contributed by atoms with Gasteiger partial charge in [-0.3, -0.25) is 4.57 Å². The first kappa shape index (κ1) is 20.0. The SMILES string of the molecule is [C-]#[N+]C1CCN(c2cc(C)nc3c2c(C)cn3-c2ccc(C(C)C)cc2Br)CC1. The fourth-order valence-electron chi connectivity index (χ4n) is 4.26. The molecule has 0 bridgehead atoms. The van der Waals surface area contributed by atoms with Crippen LogP contribution in [0, 0.1) is 20.4 Å². The minimum atomic E-state index is 0.172. The Hall–Kier alpha value is -2.32. The van der Waals surface area contributed by atoms with Crippen molar-refractivity contribution in [2.45, 2.75) is 52.5 Å². The molecule has 0 atom stereocenters. The van der Waals surface area contributed by atoms with E-state index in [0.29, 0.717) is 5.92 Å². The molecule has 150 valence electrons. The summed E-state index contributed by atoms with van der Waals surface area (Å²) < 4.78 is 3.30. The standard InChI is InChI=1S/C24H27BrN4/c1-15(2)18-6-7-21(20(25)13-18)29-14-16(3)23-22(12-17(4)27-24(23)29)28-10-8-19(26-5)9-11-28/h6-7,12-15,19H,8-11H2,1-4H3. The molecule has 1 aliphatic heterocycles. The monoisotopic (exact) mass is 450 g/mol. The van der Waals surface area contributed by atoms with Gasteiger partial charge in [-0.05, 0) is 65.0 Å². The lowest BCUT2D eigenvalue weighted by Crippen LogP contribution is -2.35. The maximum Gasteiger partial charge on any atom is 0.227 e. The predicted molar refractivity (Wildman–Crippen MR) is 124 cm³/mol. The van der Waals surface area contributed by atoms with Crippen molar-refractivity contribution in [2.24, 2.45) is 0 Å². The van der Waals surface area contributed by atoms with E-state index < -0.39 is 0 Å². The summed E-state index contributed by atoms with van der Waals surface area (Å²) in [6.07, 6.45) is 4.07. The minimum absolute atomic E-state index is 0.172. The first-order valence-electron chi connectivity index (χ1n) is 10.3. The Morgan fingerprint density at radius 1 is 1.14 bits per heavy atom. The molecule has 1 saturated heterocycles. The van der Waals surface area contributed by atoms with E-state index in [-0.39, 0.29) is 6.04 Å². The molecule has 4 nitrogen and oxygen atoms in total. The Balaban J connectivity index is 1.83. The number of hydrogen-bond acceptors (Lipinski definition) is 2. The summed E-state index contributed by atoms with van der Waals surface area (Å²) in [6, 6.07) is 8.98. The van der Waals surface area contributed by atoms with Crippen LogP contribution in [-0.2, 0) is 0 Å². The van der Waals surface area contributed by atoms with Crippen molar-refractivity contribution in [3.63, 3.8) is 0 Å². The molecule has 0 unspecified atom stereocenters. The second-order valence-electron chi connectivity index (χ2n) is 8.38. The quantitative estimate of drug-likeness (QED) is 0.430. The average molecular weight is 451 g/mol. The number of aromatic nitrogens is 2. The van der Waals surface area contributed by atoms with Crippen molar-refractivity contribution >= 4 is 32.7 Å². The summed E-state index contributed by atoms with van der Waals surface area (Å²) in [5.74, 6) is 0.494. The molecule has 0 amide bonds. The summed E-state index contributed by atoms with van der Waals surface area (Å²) in [5.41, 5.74) is 6.94. The van der Waals surface area contributed by atoms with Gasteiger partial charge in [0.25, 0.3) is 0 Å². The maximum absolute atomic E-state index is 7.32. The van der Waals surface area contributed by atoms with Crippen molar-refractivity contribution in [1.82, 2.24) is 9.55 Å². The Labute approximate surface area is 181 Å².